The Bertz CT molecular complexity index is 443. The quantitative estimate of drug-likeness (QED) is 0.526. The highest BCUT2D eigenvalue weighted by atomic mass is 16.1. The fraction of sp³-hybridized carbons (Fsp3) is 0.333. The third kappa shape index (κ3) is 3.79. The van der Waals surface area contributed by atoms with Gasteiger partial charge in [-0.15, -0.1) is 0 Å². The number of carbonyl (C=O) groups is 2. The van der Waals surface area contributed by atoms with Gasteiger partial charge in [-0.05, 0) is 32.0 Å². The van der Waals surface area contributed by atoms with E-state index in [0.29, 0.717) is 11.3 Å². The molecular formula is C12H17N3O2. The maximum absolute atomic E-state index is 11.2. The van der Waals surface area contributed by atoms with Crippen molar-refractivity contribution in [3.05, 3.63) is 23.8 Å². The summed E-state index contributed by atoms with van der Waals surface area (Å²) in [6.07, 6.45) is 0.244. The summed E-state index contributed by atoms with van der Waals surface area (Å²) in [6, 6.07) is 5.02. The molecule has 5 N–H and O–H groups in total. The lowest BCUT2D eigenvalue weighted by Crippen LogP contribution is -2.24. The third-order valence-electron chi connectivity index (χ3n) is 2.35. The molecular weight excluding hydrogens is 218 g/mol. The van der Waals surface area contributed by atoms with E-state index >= 15 is 0 Å². The molecule has 0 heterocycles. The Hall–Kier alpha value is -2.04. The molecule has 0 aromatic heterocycles. The van der Waals surface area contributed by atoms with Crippen LogP contribution in [0.4, 0.5) is 11.4 Å². The molecule has 1 rings (SSSR count). The van der Waals surface area contributed by atoms with Crippen molar-refractivity contribution in [3.8, 4) is 0 Å². The molecule has 1 unspecified atom stereocenters. The van der Waals surface area contributed by atoms with E-state index < -0.39 is 0 Å². The standard InChI is InChI=1S/C12H17N3O2/c1-7(5-12(14)17)15-9-3-4-10(8(2)16)11(13)6-9/h3-4,6-7,15H,5,13H2,1-2H3,(H2,14,17). The molecule has 0 fully saturated rings. The summed E-state index contributed by atoms with van der Waals surface area (Å²) < 4.78 is 0. The van der Waals surface area contributed by atoms with E-state index in [-0.39, 0.29) is 24.2 Å². The third-order valence-corrected chi connectivity index (χ3v) is 2.35. The highest BCUT2D eigenvalue weighted by Crippen LogP contribution is 2.19. The molecule has 0 bridgehead atoms. The lowest BCUT2D eigenvalue weighted by molar-refractivity contribution is -0.118. The van der Waals surface area contributed by atoms with Gasteiger partial charge in [-0.2, -0.15) is 0 Å². The number of anilines is 2. The molecule has 17 heavy (non-hydrogen) atoms. The van der Waals surface area contributed by atoms with Crippen molar-refractivity contribution >= 4 is 23.1 Å². The topological polar surface area (TPSA) is 98.2 Å². The maximum Gasteiger partial charge on any atom is 0.219 e. The van der Waals surface area contributed by atoms with Gasteiger partial charge in [0.1, 0.15) is 0 Å². The second-order valence-electron chi connectivity index (χ2n) is 4.07. The van der Waals surface area contributed by atoms with E-state index in [0.717, 1.165) is 5.69 Å². The van der Waals surface area contributed by atoms with Gasteiger partial charge in [-0.1, -0.05) is 0 Å². The van der Waals surface area contributed by atoms with Gasteiger partial charge in [-0.3, -0.25) is 9.59 Å². The molecule has 0 saturated carbocycles. The van der Waals surface area contributed by atoms with Gasteiger partial charge in [0.15, 0.2) is 5.78 Å². The molecule has 0 aliphatic carbocycles. The fourth-order valence-corrected chi connectivity index (χ4v) is 1.61. The van der Waals surface area contributed by atoms with Crippen molar-refractivity contribution in [3.63, 3.8) is 0 Å². The van der Waals surface area contributed by atoms with Crippen LogP contribution in [0.3, 0.4) is 0 Å². The second kappa shape index (κ2) is 5.34. The minimum Gasteiger partial charge on any atom is -0.398 e. The van der Waals surface area contributed by atoms with Gasteiger partial charge in [-0.25, -0.2) is 0 Å². The average Bonchev–Trinajstić information content (AvgIpc) is 2.15. The van der Waals surface area contributed by atoms with Crippen molar-refractivity contribution in [2.45, 2.75) is 26.3 Å². The molecule has 1 aromatic carbocycles. The van der Waals surface area contributed by atoms with Crippen LogP contribution in [0.2, 0.25) is 0 Å². The lowest BCUT2D eigenvalue weighted by atomic mass is 10.1. The fourth-order valence-electron chi connectivity index (χ4n) is 1.61. The van der Waals surface area contributed by atoms with E-state index in [1.807, 2.05) is 6.92 Å². The molecule has 5 nitrogen and oxygen atoms in total. The van der Waals surface area contributed by atoms with E-state index in [4.69, 9.17) is 11.5 Å². The summed E-state index contributed by atoms with van der Waals surface area (Å²) >= 11 is 0. The first-order chi connectivity index (χ1) is 7.90. The predicted octanol–water partition coefficient (Wildman–Crippen LogP) is 1.15. The van der Waals surface area contributed by atoms with E-state index in [1.165, 1.54) is 6.92 Å². The van der Waals surface area contributed by atoms with Crippen LogP contribution in [0.5, 0.6) is 0 Å². The van der Waals surface area contributed by atoms with Crippen molar-refractivity contribution in [2.24, 2.45) is 5.73 Å². The Morgan fingerprint density at radius 2 is 2.06 bits per heavy atom. The van der Waals surface area contributed by atoms with Crippen molar-refractivity contribution in [2.75, 3.05) is 11.1 Å². The van der Waals surface area contributed by atoms with E-state index in [1.54, 1.807) is 18.2 Å². The largest absolute Gasteiger partial charge is 0.398 e. The zero-order valence-corrected chi connectivity index (χ0v) is 9.99. The predicted molar refractivity (Wildman–Crippen MR) is 67.8 cm³/mol. The molecule has 5 heteroatoms. The maximum atomic E-state index is 11.2. The Kier molecular flexibility index (Phi) is 4.09. The average molecular weight is 235 g/mol. The van der Waals surface area contributed by atoms with Gasteiger partial charge in [0.2, 0.25) is 5.91 Å². The van der Waals surface area contributed by atoms with Crippen LogP contribution in [0.15, 0.2) is 18.2 Å². The normalized spacial score (nSPS) is 11.9. The number of rotatable bonds is 5. The van der Waals surface area contributed by atoms with Gasteiger partial charge >= 0.3 is 0 Å². The van der Waals surface area contributed by atoms with E-state index in [2.05, 4.69) is 5.32 Å². The second-order valence-corrected chi connectivity index (χ2v) is 4.07. The van der Waals surface area contributed by atoms with Crippen LogP contribution in [0.1, 0.15) is 30.6 Å². The zero-order valence-electron chi connectivity index (χ0n) is 9.99. The first kappa shape index (κ1) is 13.0. The number of hydrogen-bond donors (Lipinski definition) is 3. The minimum absolute atomic E-state index is 0.0702. The SMILES string of the molecule is CC(=O)c1ccc(NC(C)CC(N)=O)cc1N. The molecule has 1 aromatic rings. The molecule has 1 amide bonds. The van der Waals surface area contributed by atoms with Crippen molar-refractivity contribution in [1.29, 1.82) is 0 Å². The Morgan fingerprint density at radius 3 is 2.53 bits per heavy atom. The summed E-state index contributed by atoms with van der Waals surface area (Å²) in [5.41, 5.74) is 12.5. The van der Waals surface area contributed by atoms with Crippen LogP contribution in [0.25, 0.3) is 0 Å². The number of carbonyl (C=O) groups excluding carboxylic acids is 2. The lowest BCUT2D eigenvalue weighted by Gasteiger charge is -2.14. The van der Waals surface area contributed by atoms with Gasteiger partial charge in [0.25, 0.3) is 0 Å². The summed E-state index contributed by atoms with van der Waals surface area (Å²) in [5, 5.41) is 3.09. The van der Waals surface area contributed by atoms with Crippen LogP contribution in [0, 0.1) is 0 Å². The highest BCUT2D eigenvalue weighted by molar-refractivity contribution is 5.99. The van der Waals surface area contributed by atoms with Gasteiger partial charge in [0.05, 0.1) is 0 Å². The number of benzene rings is 1. The molecule has 1 atom stereocenters. The summed E-state index contributed by atoms with van der Waals surface area (Å²) in [6.45, 7) is 3.31. The first-order valence-electron chi connectivity index (χ1n) is 5.35. The number of nitrogens with one attached hydrogen (secondary N) is 1. The van der Waals surface area contributed by atoms with Crippen LogP contribution >= 0.6 is 0 Å². The zero-order chi connectivity index (χ0) is 13.0. The number of primary amides is 1. The van der Waals surface area contributed by atoms with E-state index in [9.17, 15) is 9.59 Å². The number of amides is 1. The Morgan fingerprint density at radius 1 is 1.41 bits per heavy atom. The molecule has 0 aliphatic rings. The summed E-state index contributed by atoms with van der Waals surface area (Å²) in [4.78, 5) is 21.9. The Labute approximate surface area is 100 Å². The summed E-state index contributed by atoms with van der Waals surface area (Å²) in [5.74, 6) is -0.433. The van der Waals surface area contributed by atoms with Crippen LogP contribution in [-0.4, -0.2) is 17.7 Å². The van der Waals surface area contributed by atoms with Crippen LogP contribution < -0.4 is 16.8 Å². The number of nitrogens with two attached hydrogens (primary N) is 2. The number of hydrogen-bond acceptors (Lipinski definition) is 4. The first-order valence-corrected chi connectivity index (χ1v) is 5.35. The van der Waals surface area contributed by atoms with Crippen molar-refractivity contribution < 1.29 is 9.59 Å². The minimum atomic E-state index is -0.363. The molecule has 0 saturated heterocycles. The summed E-state index contributed by atoms with van der Waals surface area (Å²) in [7, 11) is 0. The highest BCUT2D eigenvalue weighted by Gasteiger charge is 2.08. The number of Topliss-reactive ketones (excluding diaryl/α,β-unsaturated/α-hetero) is 1. The van der Waals surface area contributed by atoms with Crippen LogP contribution in [-0.2, 0) is 4.79 Å². The molecule has 0 aliphatic heterocycles. The van der Waals surface area contributed by atoms with Gasteiger partial charge in [0, 0.05) is 29.4 Å². The molecule has 0 radical (unpaired) electrons. The number of nitrogen functional groups attached to an aromatic ring is 1. The van der Waals surface area contributed by atoms with Gasteiger partial charge < -0.3 is 16.8 Å². The van der Waals surface area contributed by atoms with Crippen molar-refractivity contribution in [1.82, 2.24) is 0 Å². The number of ketones is 1. The molecule has 0 spiro atoms. The smallest absolute Gasteiger partial charge is 0.219 e. The Balaban J connectivity index is 2.77. The monoisotopic (exact) mass is 235 g/mol. The molecule has 92 valence electrons.